The van der Waals surface area contributed by atoms with Gasteiger partial charge < -0.3 is 16.5 Å². The zero-order valence-corrected chi connectivity index (χ0v) is 26.6. The number of halogens is 6. The summed E-state index contributed by atoms with van der Waals surface area (Å²) in [4.78, 5) is 29.0. The molecule has 0 radical (unpaired) electrons. The Balaban J connectivity index is 0.00000308. The maximum Gasteiger partial charge on any atom is 0.238 e. The molecule has 1 aliphatic heterocycles. The van der Waals surface area contributed by atoms with E-state index < -0.39 is 17.4 Å². The van der Waals surface area contributed by atoms with Crippen LogP contribution < -0.4 is 11.1 Å². The smallest absolute Gasteiger partial charge is 0.238 e. The molecule has 1 heterocycles. The molecule has 0 aromatic heterocycles. The maximum absolute atomic E-state index is 13.7. The summed E-state index contributed by atoms with van der Waals surface area (Å²) in [7, 11) is 0. The molecule has 0 bridgehead atoms. The van der Waals surface area contributed by atoms with Crippen LogP contribution in [0.1, 0.15) is 30.9 Å². The Morgan fingerprint density at radius 2 is 1.44 bits per heavy atom. The van der Waals surface area contributed by atoms with E-state index in [9.17, 15) is 18.4 Å². The summed E-state index contributed by atoms with van der Waals surface area (Å²) in [5.74, 6) is -1.40. The van der Waals surface area contributed by atoms with E-state index in [1.807, 2.05) is 9.80 Å². The van der Waals surface area contributed by atoms with Gasteiger partial charge in [-0.1, -0.05) is 60.5 Å². The van der Waals surface area contributed by atoms with Crippen molar-refractivity contribution in [3.05, 3.63) is 99.5 Å². The van der Waals surface area contributed by atoms with Crippen LogP contribution in [0.25, 0.3) is 0 Å². The third-order valence-electron chi connectivity index (χ3n) is 7.58. The molecule has 1 fully saturated rings. The lowest BCUT2D eigenvalue weighted by Crippen LogP contribution is -2.59. The topological polar surface area (TPSA) is 110 Å². The minimum atomic E-state index is -0.562. The lowest BCUT2D eigenvalue weighted by atomic mass is 9.73. The fourth-order valence-electron chi connectivity index (χ4n) is 5.28. The summed E-state index contributed by atoms with van der Waals surface area (Å²) in [6.45, 7) is 4.15. The molecule has 7 nitrogen and oxygen atoms in total. The first kappa shape index (κ1) is 38.5. The number of piperazine rings is 1. The fourth-order valence-corrected chi connectivity index (χ4v) is 5.78. The number of para-hydroxylation sites is 1. The summed E-state index contributed by atoms with van der Waals surface area (Å²) in [5, 5.41) is 3.43. The van der Waals surface area contributed by atoms with E-state index in [-0.39, 0.29) is 54.4 Å². The van der Waals surface area contributed by atoms with E-state index in [2.05, 4.69) is 12.2 Å². The SMILES string of the molecule is CC(CCCN1CCN(CC(=O)Nc2c(Cl)cccc2Cl)CC1C(N)=O)(c1ccc(F)cc1)c1ccc(F)cc1.Cl.Cl.O. The van der Waals surface area contributed by atoms with Crippen molar-refractivity contribution < 1.29 is 23.8 Å². The molecule has 1 unspecified atom stereocenters. The van der Waals surface area contributed by atoms with Gasteiger partial charge in [0, 0.05) is 25.0 Å². The van der Waals surface area contributed by atoms with Crippen molar-refractivity contribution in [2.45, 2.75) is 31.2 Å². The summed E-state index contributed by atoms with van der Waals surface area (Å²) >= 11 is 12.3. The molecule has 0 saturated carbocycles. The number of anilines is 1. The standard InChI is InChI=1S/C30H32Cl2F2N4O2.2ClH.H2O/c1-30(20-6-10-22(33)11-7-20,21-8-12-23(34)13-9-21)14-3-15-38-17-16-37(18-26(38)29(35)40)19-27(39)36-28-24(31)4-2-5-25(28)32;;;/h2,4-13,26H,3,14-19H2,1H3,(H2,35,40)(H,36,39);2*1H;1H2. The summed E-state index contributed by atoms with van der Waals surface area (Å²) in [5.41, 5.74) is 7.46. The fraction of sp³-hybridized carbons (Fsp3) is 0.333. The molecule has 1 saturated heterocycles. The molecule has 4 rings (SSSR count). The molecule has 3 aromatic rings. The van der Waals surface area contributed by atoms with E-state index >= 15 is 0 Å². The Kier molecular flexibility index (Phi) is 15.3. The van der Waals surface area contributed by atoms with Gasteiger partial charge in [0.2, 0.25) is 11.8 Å². The van der Waals surface area contributed by atoms with Gasteiger partial charge in [-0.3, -0.25) is 19.4 Å². The maximum atomic E-state index is 13.7. The lowest BCUT2D eigenvalue weighted by molar-refractivity contribution is -0.127. The van der Waals surface area contributed by atoms with Gasteiger partial charge in [-0.2, -0.15) is 0 Å². The first-order valence-electron chi connectivity index (χ1n) is 13.1. The lowest BCUT2D eigenvalue weighted by Gasteiger charge is -2.40. The molecule has 5 N–H and O–H groups in total. The number of hydrogen-bond acceptors (Lipinski definition) is 4. The number of nitrogens with zero attached hydrogens (tertiary/aromatic N) is 2. The van der Waals surface area contributed by atoms with Gasteiger partial charge in [-0.25, -0.2) is 8.78 Å². The van der Waals surface area contributed by atoms with Crippen LogP contribution in [0.2, 0.25) is 10.0 Å². The van der Waals surface area contributed by atoms with Gasteiger partial charge >= 0.3 is 0 Å². The van der Waals surface area contributed by atoms with Gasteiger partial charge in [0.05, 0.1) is 22.3 Å². The molecule has 236 valence electrons. The highest BCUT2D eigenvalue weighted by molar-refractivity contribution is 6.39. The van der Waals surface area contributed by atoms with Crippen molar-refractivity contribution in [3.63, 3.8) is 0 Å². The van der Waals surface area contributed by atoms with Crippen molar-refractivity contribution in [2.75, 3.05) is 38.0 Å². The van der Waals surface area contributed by atoms with Crippen molar-refractivity contribution in [1.82, 2.24) is 9.80 Å². The predicted octanol–water partition coefficient (Wildman–Crippen LogP) is 5.49. The van der Waals surface area contributed by atoms with Crippen LogP contribution in [0.5, 0.6) is 0 Å². The summed E-state index contributed by atoms with van der Waals surface area (Å²) < 4.78 is 27.3. The zero-order valence-electron chi connectivity index (χ0n) is 23.5. The van der Waals surface area contributed by atoms with Gasteiger partial charge in [-0.05, 0) is 66.9 Å². The quantitative estimate of drug-likeness (QED) is 0.296. The third-order valence-corrected chi connectivity index (χ3v) is 8.21. The van der Waals surface area contributed by atoms with Gasteiger partial charge in [0.1, 0.15) is 17.7 Å². The van der Waals surface area contributed by atoms with Gasteiger partial charge in [-0.15, -0.1) is 24.8 Å². The van der Waals surface area contributed by atoms with Crippen LogP contribution in [-0.4, -0.2) is 65.9 Å². The summed E-state index contributed by atoms with van der Waals surface area (Å²) in [6, 6.07) is 17.1. The molecular formula is C30H36Cl4F2N4O3. The van der Waals surface area contributed by atoms with Crippen molar-refractivity contribution in [2.24, 2.45) is 5.73 Å². The van der Waals surface area contributed by atoms with Crippen molar-refractivity contribution in [1.29, 1.82) is 0 Å². The monoisotopic (exact) mass is 678 g/mol. The number of nitrogens with one attached hydrogen (secondary N) is 1. The number of amides is 2. The number of hydrogen-bond donors (Lipinski definition) is 2. The number of rotatable bonds is 10. The van der Waals surface area contributed by atoms with E-state index in [4.69, 9.17) is 28.9 Å². The molecule has 1 aliphatic rings. The molecule has 2 amide bonds. The molecule has 0 spiro atoms. The van der Waals surface area contributed by atoms with Crippen molar-refractivity contribution in [3.8, 4) is 0 Å². The van der Waals surface area contributed by atoms with E-state index in [1.54, 1.807) is 42.5 Å². The molecule has 43 heavy (non-hydrogen) atoms. The normalized spacial score (nSPS) is 15.4. The Morgan fingerprint density at radius 3 is 1.93 bits per heavy atom. The second-order valence-corrected chi connectivity index (χ2v) is 11.1. The largest absolute Gasteiger partial charge is 0.412 e. The van der Waals surface area contributed by atoms with Gasteiger partial charge in [0.25, 0.3) is 0 Å². The Labute approximate surface area is 272 Å². The van der Waals surface area contributed by atoms with Crippen LogP contribution in [0.15, 0.2) is 66.7 Å². The number of nitrogens with two attached hydrogens (primary N) is 1. The zero-order chi connectivity index (χ0) is 28.9. The molecule has 1 atom stereocenters. The average Bonchev–Trinajstić information content (AvgIpc) is 2.92. The van der Waals surface area contributed by atoms with Gasteiger partial charge in [0.15, 0.2) is 0 Å². The highest BCUT2D eigenvalue weighted by Crippen LogP contribution is 2.37. The number of carbonyl (C=O) groups is 2. The number of benzene rings is 3. The first-order valence-corrected chi connectivity index (χ1v) is 13.8. The van der Waals surface area contributed by atoms with Crippen LogP contribution in [0.4, 0.5) is 14.5 Å². The number of primary amides is 1. The number of carbonyl (C=O) groups excluding carboxylic acids is 2. The Hall–Kier alpha value is -2.50. The predicted molar refractivity (Wildman–Crippen MR) is 173 cm³/mol. The Bertz CT molecular complexity index is 1280. The first-order chi connectivity index (χ1) is 19.1. The van der Waals surface area contributed by atoms with E-state index in [0.717, 1.165) is 11.1 Å². The second-order valence-electron chi connectivity index (χ2n) is 10.3. The van der Waals surface area contributed by atoms with Crippen LogP contribution in [-0.2, 0) is 15.0 Å². The van der Waals surface area contributed by atoms with E-state index in [0.29, 0.717) is 54.8 Å². The third kappa shape index (κ3) is 9.74. The Morgan fingerprint density at radius 1 is 0.930 bits per heavy atom. The van der Waals surface area contributed by atoms with Crippen LogP contribution in [0, 0.1) is 11.6 Å². The molecule has 0 aliphatic carbocycles. The van der Waals surface area contributed by atoms with Crippen LogP contribution in [0.3, 0.4) is 0 Å². The molecule has 13 heteroatoms. The minimum absolute atomic E-state index is 0. The van der Waals surface area contributed by atoms with Crippen molar-refractivity contribution >= 4 is 65.5 Å². The second kappa shape index (κ2) is 17.1. The molecular weight excluding hydrogens is 644 g/mol. The highest BCUT2D eigenvalue weighted by Gasteiger charge is 2.33. The minimum Gasteiger partial charge on any atom is -0.412 e. The highest BCUT2D eigenvalue weighted by atomic mass is 35.5. The summed E-state index contributed by atoms with van der Waals surface area (Å²) in [6.07, 6.45) is 1.39. The average molecular weight is 680 g/mol. The van der Waals surface area contributed by atoms with Crippen LogP contribution >= 0.6 is 48.0 Å². The molecule has 3 aromatic carbocycles. The van der Waals surface area contributed by atoms with E-state index in [1.165, 1.54) is 24.3 Å².